The van der Waals surface area contributed by atoms with E-state index in [9.17, 15) is 4.79 Å². The highest BCUT2D eigenvalue weighted by molar-refractivity contribution is 5.75. The third-order valence-corrected chi connectivity index (χ3v) is 1.43. The molecule has 1 rings (SSSR count). The first-order chi connectivity index (χ1) is 5.79. The van der Waals surface area contributed by atoms with Crippen molar-refractivity contribution in [2.24, 2.45) is 0 Å². The molecule has 0 bridgehead atoms. The maximum absolute atomic E-state index is 10.2. The Kier molecular flexibility index (Phi) is 2.66. The number of para-hydroxylation sites is 2. The molecule has 0 heterocycles. The molecule has 0 aliphatic heterocycles. The largest absolute Gasteiger partial charge is 0.494 e. The number of anilines is 1. The Balaban J connectivity index is 3.04. The Morgan fingerprint density at radius 3 is 2.75 bits per heavy atom. The molecule has 12 heavy (non-hydrogen) atoms. The average Bonchev–Trinajstić information content (AvgIpc) is 2.16. The summed E-state index contributed by atoms with van der Waals surface area (Å²) in [5.74, 6) is 0.451. The fourth-order valence-corrected chi connectivity index (χ4v) is 0.876. The highest BCUT2D eigenvalue weighted by Gasteiger charge is 2.06. The third kappa shape index (κ3) is 1.54. The van der Waals surface area contributed by atoms with Gasteiger partial charge in [-0.2, -0.15) is 5.06 Å². The van der Waals surface area contributed by atoms with Gasteiger partial charge in [0.05, 0.1) is 7.11 Å². The SMILES string of the molecule is COc1ccccc1N(O)C=O. The van der Waals surface area contributed by atoms with E-state index in [0.29, 0.717) is 22.9 Å². The van der Waals surface area contributed by atoms with Crippen molar-refractivity contribution >= 4 is 12.1 Å². The van der Waals surface area contributed by atoms with Gasteiger partial charge in [0.2, 0.25) is 6.41 Å². The van der Waals surface area contributed by atoms with E-state index in [1.54, 1.807) is 24.3 Å². The van der Waals surface area contributed by atoms with Gasteiger partial charge in [-0.15, -0.1) is 0 Å². The van der Waals surface area contributed by atoms with E-state index in [-0.39, 0.29) is 0 Å². The molecule has 1 amide bonds. The predicted molar refractivity (Wildman–Crippen MR) is 43.3 cm³/mol. The molecule has 0 saturated heterocycles. The van der Waals surface area contributed by atoms with Crippen LogP contribution in [-0.4, -0.2) is 18.7 Å². The van der Waals surface area contributed by atoms with Crippen LogP contribution in [0.25, 0.3) is 0 Å². The molecule has 0 spiro atoms. The number of hydrogen-bond acceptors (Lipinski definition) is 3. The minimum atomic E-state index is 0.303. The van der Waals surface area contributed by atoms with Crippen molar-refractivity contribution in [1.29, 1.82) is 0 Å². The number of carbonyl (C=O) groups is 1. The van der Waals surface area contributed by atoms with E-state index in [2.05, 4.69) is 0 Å². The van der Waals surface area contributed by atoms with Gasteiger partial charge in [0.1, 0.15) is 11.4 Å². The summed E-state index contributed by atoms with van der Waals surface area (Å²) in [6.45, 7) is 0. The Hall–Kier alpha value is -1.55. The van der Waals surface area contributed by atoms with Crippen LogP contribution in [0, 0.1) is 0 Å². The molecule has 0 aliphatic rings. The molecule has 0 aliphatic carbocycles. The normalized spacial score (nSPS) is 9.17. The average molecular weight is 167 g/mol. The fourth-order valence-electron chi connectivity index (χ4n) is 0.876. The summed E-state index contributed by atoms with van der Waals surface area (Å²) in [5.41, 5.74) is 0.329. The molecule has 0 fully saturated rings. The summed E-state index contributed by atoms with van der Waals surface area (Å²) in [4.78, 5) is 10.2. The lowest BCUT2D eigenvalue weighted by Gasteiger charge is -2.11. The lowest BCUT2D eigenvalue weighted by atomic mass is 10.3. The number of rotatable bonds is 3. The molecule has 64 valence electrons. The van der Waals surface area contributed by atoms with Gasteiger partial charge < -0.3 is 4.74 Å². The second kappa shape index (κ2) is 3.73. The second-order valence-corrected chi connectivity index (χ2v) is 2.12. The highest BCUT2D eigenvalue weighted by atomic mass is 16.5. The summed E-state index contributed by atoms with van der Waals surface area (Å²) >= 11 is 0. The molecule has 0 saturated carbocycles. The van der Waals surface area contributed by atoms with Crippen LogP contribution in [0.5, 0.6) is 5.75 Å². The number of amides is 1. The number of benzene rings is 1. The first-order valence-electron chi connectivity index (χ1n) is 3.36. The lowest BCUT2D eigenvalue weighted by molar-refractivity contribution is -0.111. The number of hydrogen-bond donors (Lipinski definition) is 1. The van der Waals surface area contributed by atoms with Gasteiger partial charge in [-0.05, 0) is 12.1 Å². The summed E-state index contributed by atoms with van der Waals surface area (Å²) in [7, 11) is 1.47. The number of ether oxygens (including phenoxy) is 1. The molecule has 0 atom stereocenters. The van der Waals surface area contributed by atoms with E-state index in [0.717, 1.165) is 0 Å². The van der Waals surface area contributed by atoms with Gasteiger partial charge in [-0.3, -0.25) is 10.0 Å². The summed E-state index contributed by atoms with van der Waals surface area (Å²) in [6.07, 6.45) is 0.303. The molecule has 4 heteroatoms. The van der Waals surface area contributed by atoms with Crippen LogP contribution in [-0.2, 0) is 4.79 Å². The number of carbonyl (C=O) groups excluding carboxylic acids is 1. The van der Waals surface area contributed by atoms with Crippen molar-refractivity contribution in [3.05, 3.63) is 24.3 Å². The van der Waals surface area contributed by atoms with Crippen molar-refractivity contribution in [3.8, 4) is 5.75 Å². The van der Waals surface area contributed by atoms with Crippen LogP contribution in [0.2, 0.25) is 0 Å². The third-order valence-electron chi connectivity index (χ3n) is 1.43. The Labute approximate surface area is 69.9 Å². The Morgan fingerprint density at radius 1 is 1.50 bits per heavy atom. The summed E-state index contributed by atoms with van der Waals surface area (Å²) in [6, 6.07) is 6.68. The van der Waals surface area contributed by atoms with Crippen molar-refractivity contribution < 1.29 is 14.7 Å². The zero-order chi connectivity index (χ0) is 8.97. The number of nitrogens with zero attached hydrogens (tertiary/aromatic N) is 1. The van der Waals surface area contributed by atoms with Crippen LogP contribution in [0.1, 0.15) is 0 Å². The van der Waals surface area contributed by atoms with Crippen LogP contribution in [0.15, 0.2) is 24.3 Å². The first-order valence-corrected chi connectivity index (χ1v) is 3.36. The van der Waals surface area contributed by atoms with Gasteiger partial charge >= 0.3 is 0 Å². The van der Waals surface area contributed by atoms with Gasteiger partial charge in [0.25, 0.3) is 0 Å². The van der Waals surface area contributed by atoms with Crippen LogP contribution >= 0.6 is 0 Å². The number of hydroxylamine groups is 1. The van der Waals surface area contributed by atoms with Gasteiger partial charge in [0.15, 0.2) is 0 Å². The summed E-state index contributed by atoms with van der Waals surface area (Å²) in [5, 5.41) is 9.50. The first kappa shape index (κ1) is 8.55. The van der Waals surface area contributed by atoms with E-state index < -0.39 is 0 Å². The smallest absolute Gasteiger partial charge is 0.238 e. The maximum Gasteiger partial charge on any atom is 0.238 e. The summed E-state index contributed by atoms with van der Waals surface area (Å²) < 4.78 is 4.91. The van der Waals surface area contributed by atoms with Crippen LogP contribution < -0.4 is 9.80 Å². The maximum atomic E-state index is 10.2. The minimum absolute atomic E-state index is 0.303. The van der Waals surface area contributed by atoms with Gasteiger partial charge in [-0.1, -0.05) is 12.1 Å². The quantitative estimate of drug-likeness (QED) is 0.416. The van der Waals surface area contributed by atoms with Crippen molar-refractivity contribution in [1.82, 2.24) is 0 Å². The molecule has 1 aromatic rings. The van der Waals surface area contributed by atoms with E-state index in [4.69, 9.17) is 9.94 Å². The zero-order valence-electron chi connectivity index (χ0n) is 6.60. The highest BCUT2D eigenvalue weighted by Crippen LogP contribution is 2.25. The molecule has 0 radical (unpaired) electrons. The standard InChI is InChI=1S/C8H9NO3/c1-12-8-5-3-2-4-7(8)9(11)6-10/h2-6,11H,1H3. The van der Waals surface area contributed by atoms with E-state index in [1.807, 2.05) is 0 Å². The Bertz CT molecular complexity index is 275. The topological polar surface area (TPSA) is 49.8 Å². The second-order valence-electron chi connectivity index (χ2n) is 2.12. The minimum Gasteiger partial charge on any atom is -0.494 e. The van der Waals surface area contributed by atoms with Crippen LogP contribution in [0.3, 0.4) is 0 Å². The molecular formula is C8H9NO3. The molecule has 0 unspecified atom stereocenters. The van der Waals surface area contributed by atoms with Gasteiger partial charge in [0, 0.05) is 0 Å². The van der Waals surface area contributed by atoms with Crippen molar-refractivity contribution in [2.75, 3.05) is 12.2 Å². The number of methoxy groups -OCH3 is 1. The monoisotopic (exact) mass is 167 g/mol. The lowest BCUT2D eigenvalue weighted by Crippen LogP contribution is -2.15. The predicted octanol–water partition coefficient (Wildman–Crippen LogP) is 1.05. The molecule has 1 N–H and O–H groups in total. The van der Waals surface area contributed by atoms with E-state index >= 15 is 0 Å². The van der Waals surface area contributed by atoms with Crippen molar-refractivity contribution in [2.45, 2.75) is 0 Å². The van der Waals surface area contributed by atoms with E-state index in [1.165, 1.54) is 7.11 Å². The molecule has 0 aromatic heterocycles. The van der Waals surface area contributed by atoms with Gasteiger partial charge in [-0.25, -0.2) is 0 Å². The molecular weight excluding hydrogens is 158 g/mol. The fraction of sp³-hybridized carbons (Fsp3) is 0.125. The molecule has 1 aromatic carbocycles. The van der Waals surface area contributed by atoms with Crippen LogP contribution in [0.4, 0.5) is 5.69 Å². The molecule has 4 nitrogen and oxygen atoms in total. The zero-order valence-corrected chi connectivity index (χ0v) is 6.60. The Morgan fingerprint density at radius 2 is 2.17 bits per heavy atom. The van der Waals surface area contributed by atoms with Crippen molar-refractivity contribution in [3.63, 3.8) is 0 Å².